The molecule has 17 heavy (non-hydrogen) atoms. The fourth-order valence-electron chi connectivity index (χ4n) is 1.78. The van der Waals surface area contributed by atoms with Gasteiger partial charge in [0, 0.05) is 19.1 Å². The van der Waals surface area contributed by atoms with Gasteiger partial charge in [-0.25, -0.2) is 0 Å². The molecule has 0 fully saturated rings. The molecule has 1 atom stereocenters. The highest BCUT2D eigenvalue weighted by molar-refractivity contribution is 7.98. The van der Waals surface area contributed by atoms with Gasteiger partial charge in [-0.1, -0.05) is 13.8 Å². The first-order valence-corrected chi connectivity index (χ1v) is 8.36. The second-order valence-electron chi connectivity index (χ2n) is 5.48. The third-order valence-corrected chi connectivity index (χ3v) is 3.75. The molecule has 0 spiro atoms. The molecule has 0 heterocycles. The van der Waals surface area contributed by atoms with Crippen molar-refractivity contribution in [3.63, 3.8) is 0 Å². The van der Waals surface area contributed by atoms with Gasteiger partial charge in [0.15, 0.2) is 0 Å². The Kier molecular flexibility index (Phi) is 11.5. The Morgan fingerprint density at radius 2 is 1.82 bits per heavy atom. The van der Waals surface area contributed by atoms with Gasteiger partial charge in [-0.2, -0.15) is 11.8 Å². The van der Waals surface area contributed by atoms with E-state index in [2.05, 4.69) is 44.3 Å². The topological polar surface area (TPSA) is 15.3 Å². The molecule has 0 radical (unpaired) electrons. The number of nitrogens with zero attached hydrogens (tertiary/aromatic N) is 1. The van der Waals surface area contributed by atoms with Gasteiger partial charge in [0.05, 0.1) is 0 Å². The maximum Gasteiger partial charge on any atom is 0.0104 e. The van der Waals surface area contributed by atoms with Gasteiger partial charge in [0.2, 0.25) is 0 Å². The van der Waals surface area contributed by atoms with Crippen molar-refractivity contribution in [1.29, 1.82) is 0 Å². The van der Waals surface area contributed by atoms with Crippen molar-refractivity contribution in [2.24, 2.45) is 5.92 Å². The number of nitrogens with one attached hydrogen (secondary N) is 1. The second-order valence-corrected chi connectivity index (χ2v) is 6.46. The summed E-state index contributed by atoms with van der Waals surface area (Å²) in [6.45, 7) is 10.4. The number of hydrogen-bond acceptors (Lipinski definition) is 3. The Hall–Kier alpha value is 0.270. The van der Waals surface area contributed by atoms with Crippen LogP contribution in [0.1, 0.15) is 40.0 Å². The number of hydrogen-bond donors (Lipinski definition) is 1. The normalized spacial score (nSPS) is 13.6. The zero-order chi connectivity index (χ0) is 13.1. The van der Waals surface area contributed by atoms with Crippen LogP contribution in [-0.4, -0.2) is 49.6 Å². The van der Waals surface area contributed by atoms with Gasteiger partial charge in [0.1, 0.15) is 0 Å². The summed E-state index contributed by atoms with van der Waals surface area (Å²) in [5.41, 5.74) is 0. The zero-order valence-corrected chi connectivity index (χ0v) is 13.3. The molecule has 1 N–H and O–H groups in total. The monoisotopic (exact) mass is 260 g/mol. The molecule has 0 saturated carbocycles. The molecule has 0 bridgehead atoms. The average molecular weight is 260 g/mol. The van der Waals surface area contributed by atoms with E-state index in [1.807, 2.05) is 11.8 Å². The van der Waals surface area contributed by atoms with E-state index in [9.17, 15) is 0 Å². The van der Waals surface area contributed by atoms with E-state index in [1.54, 1.807) is 0 Å². The standard InChI is InChI=1S/C14H32N2S/c1-13(2)7-8-14(3)15-9-11-16(4)10-6-12-17-5/h13-15H,6-12H2,1-5H3. The van der Waals surface area contributed by atoms with Gasteiger partial charge < -0.3 is 10.2 Å². The minimum absolute atomic E-state index is 0.664. The molecule has 0 aliphatic carbocycles. The third-order valence-electron chi connectivity index (χ3n) is 3.05. The first kappa shape index (κ1) is 17.3. The third kappa shape index (κ3) is 12.5. The summed E-state index contributed by atoms with van der Waals surface area (Å²) in [5.74, 6) is 2.11. The van der Waals surface area contributed by atoms with Gasteiger partial charge in [-0.15, -0.1) is 0 Å². The highest BCUT2D eigenvalue weighted by Crippen LogP contribution is 2.06. The Balaban J connectivity index is 3.35. The molecule has 104 valence electrons. The van der Waals surface area contributed by atoms with Crippen LogP contribution in [0.3, 0.4) is 0 Å². The molecule has 0 aromatic rings. The maximum atomic E-state index is 3.61. The van der Waals surface area contributed by atoms with Gasteiger partial charge in [0.25, 0.3) is 0 Å². The number of thioether (sulfide) groups is 1. The largest absolute Gasteiger partial charge is 0.313 e. The van der Waals surface area contributed by atoms with E-state index >= 15 is 0 Å². The lowest BCUT2D eigenvalue weighted by molar-refractivity contribution is 0.322. The number of rotatable bonds is 11. The molecule has 1 unspecified atom stereocenters. The predicted octanol–water partition coefficient (Wildman–Crippen LogP) is 3.09. The fourth-order valence-corrected chi connectivity index (χ4v) is 2.20. The SMILES string of the molecule is CSCCCN(C)CCNC(C)CCC(C)C. The Bertz CT molecular complexity index is 162. The van der Waals surface area contributed by atoms with Crippen molar-refractivity contribution in [3.05, 3.63) is 0 Å². The molecule has 0 rings (SSSR count). The summed E-state index contributed by atoms with van der Waals surface area (Å²) in [6.07, 6.45) is 6.12. The van der Waals surface area contributed by atoms with E-state index in [0.29, 0.717) is 6.04 Å². The Morgan fingerprint density at radius 3 is 2.41 bits per heavy atom. The summed E-state index contributed by atoms with van der Waals surface area (Å²) in [7, 11) is 2.22. The van der Waals surface area contributed by atoms with E-state index in [1.165, 1.54) is 38.1 Å². The van der Waals surface area contributed by atoms with E-state index in [4.69, 9.17) is 0 Å². The minimum atomic E-state index is 0.664. The van der Waals surface area contributed by atoms with Crippen LogP contribution in [0, 0.1) is 5.92 Å². The number of likely N-dealkylation sites (N-methyl/N-ethyl adjacent to an activating group) is 1. The van der Waals surface area contributed by atoms with Crippen molar-refractivity contribution >= 4 is 11.8 Å². The van der Waals surface area contributed by atoms with Crippen LogP contribution < -0.4 is 5.32 Å². The lowest BCUT2D eigenvalue weighted by Crippen LogP contribution is -2.34. The molecule has 0 saturated heterocycles. The molecule has 2 nitrogen and oxygen atoms in total. The molecule has 0 aliphatic heterocycles. The lowest BCUT2D eigenvalue weighted by Gasteiger charge is -2.19. The molecule has 3 heteroatoms. The van der Waals surface area contributed by atoms with Crippen molar-refractivity contribution in [3.8, 4) is 0 Å². The van der Waals surface area contributed by atoms with Crippen LogP contribution in [0.4, 0.5) is 0 Å². The highest BCUT2D eigenvalue weighted by Gasteiger charge is 2.03. The maximum absolute atomic E-state index is 3.61. The van der Waals surface area contributed by atoms with Gasteiger partial charge >= 0.3 is 0 Å². The van der Waals surface area contributed by atoms with Crippen LogP contribution in [0.5, 0.6) is 0 Å². The van der Waals surface area contributed by atoms with E-state index < -0.39 is 0 Å². The molecule has 0 aromatic heterocycles. The van der Waals surface area contributed by atoms with Crippen molar-refractivity contribution < 1.29 is 0 Å². The Labute approximate surface area is 113 Å². The first-order chi connectivity index (χ1) is 8.06. The quantitative estimate of drug-likeness (QED) is 0.575. The van der Waals surface area contributed by atoms with Crippen molar-refractivity contribution in [2.45, 2.75) is 46.1 Å². The Morgan fingerprint density at radius 1 is 1.12 bits per heavy atom. The molecule has 0 aliphatic rings. The smallest absolute Gasteiger partial charge is 0.0104 e. The van der Waals surface area contributed by atoms with Crippen LogP contribution >= 0.6 is 11.8 Å². The summed E-state index contributed by atoms with van der Waals surface area (Å²) in [4.78, 5) is 2.43. The molecular formula is C14H32N2S. The van der Waals surface area contributed by atoms with Crippen LogP contribution in [0.2, 0.25) is 0 Å². The summed E-state index contributed by atoms with van der Waals surface area (Å²) in [6, 6.07) is 0.664. The van der Waals surface area contributed by atoms with Gasteiger partial charge in [-0.05, 0) is 57.7 Å². The van der Waals surface area contributed by atoms with Crippen molar-refractivity contribution in [1.82, 2.24) is 10.2 Å². The van der Waals surface area contributed by atoms with Crippen LogP contribution in [0.25, 0.3) is 0 Å². The summed E-state index contributed by atoms with van der Waals surface area (Å²) in [5, 5.41) is 3.61. The summed E-state index contributed by atoms with van der Waals surface area (Å²) < 4.78 is 0. The molecule has 0 amide bonds. The highest BCUT2D eigenvalue weighted by atomic mass is 32.2. The lowest BCUT2D eigenvalue weighted by atomic mass is 10.0. The molecular weight excluding hydrogens is 228 g/mol. The first-order valence-electron chi connectivity index (χ1n) is 6.97. The fraction of sp³-hybridized carbons (Fsp3) is 1.00. The second kappa shape index (κ2) is 11.4. The van der Waals surface area contributed by atoms with Gasteiger partial charge in [-0.3, -0.25) is 0 Å². The van der Waals surface area contributed by atoms with E-state index in [-0.39, 0.29) is 0 Å². The van der Waals surface area contributed by atoms with Crippen LogP contribution in [0.15, 0.2) is 0 Å². The van der Waals surface area contributed by atoms with Crippen molar-refractivity contribution in [2.75, 3.05) is 38.7 Å². The predicted molar refractivity (Wildman–Crippen MR) is 82.0 cm³/mol. The van der Waals surface area contributed by atoms with E-state index in [0.717, 1.165) is 12.5 Å². The minimum Gasteiger partial charge on any atom is -0.313 e. The van der Waals surface area contributed by atoms with Crippen LogP contribution in [-0.2, 0) is 0 Å². The average Bonchev–Trinajstić information content (AvgIpc) is 2.27. The summed E-state index contributed by atoms with van der Waals surface area (Å²) >= 11 is 1.94. The molecule has 0 aromatic carbocycles. The zero-order valence-electron chi connectivity index (χ0n) is 12.5.